The lowest BCUT2D eigenvalue weighted by Crippen LogP contribution is -2.26. The molecule has 0 saturated heterocycles. The topological polar surface area (TPSA) is 56.0 Å². The maximum absolute atomic E-state index is 13.1. The van der Waals surface area contributed by atoms with Crippen molar-refractivity contribution < 1.29 is 18.3 Å². The molecule has 0 aromatic heterocycles. The molecule has 0 aliphatic heterocycles. The van der Waals surface area contributed by atoms with Gasteiger partial charge in [-0.1, -0.05) is 6.42 Å². The molecular weight excluding hydrogens is 281 g/mol. The summed E-state index contributed by atoms with van der Waals surface area (Å²) in [5.74, 6) is 0.187. The lowest BCUT2D eigenvalue weighted by molar-refractivity contribution is -0.137. The van der Waals surface area contributed by atoms with Crippen LogP contribution >= 0.6 is 0 Å². The van der Waals surface area contributed by atoms with Crippen LogP contribution in [0.15, 0.2) is 18.2 Å². The first-order chi connectivity index (χ1) is 9.95. The first-order valence-electron chi connectivity index (χ1n) is 6.94. The van der Waals surface area contributed by atoms with Gasteiger partial charge in [0.25, 0.3) is 0 Å². The summed E-state index contributed by atoms with van der Waals surface area (Å²) >= 11 is 0. The number of halogens is 3. The Labute approximate surface area is 121 Å². The third-order valence-electron chi connectivity index (χ3n) is 3.95. The van der Waals surface area contributed by atoms with Crippen LogP contribution in [0.5, 0.6) is 0 Å². The van der Waals surface area contributed by atoms with E-state index in [1.54, 1.807) is 6.07 Å². The predicted octanol–water partition coefficient (Wildman–Crippen LogP) is 3.54. The molecule has 1 aliphatic rings. The number of alkyl halides is 3. The van der Waals surface area contributed by atoms with E-state index in [0.717, 1.165) is 25.3 Å². The molecule has 1 saturated carbocycles. The first kappa shape index (κ1) is 15.6. The zero-order chi connectivity index (χ0) is 15.5. The smallest absolute Gasteiger partial charge is 0.396 e. The highest BCUT2D eigenvalue weighted by Gasteiger charge is 2.35. The summed E-state index contributed by atoms with van der Waals surface area (Å²) in [7, 11) is 0. The van der Waals surface area contributed by atoms with Crippen molar-refractivity contribution in [3.05, 3.63) is 29.3 Å². The number of hydrogen-bond acceptors (Lipinski definition) is 3. The second kappa shape index (κ2) is 6.35. The summed E-state index contributed by atoms with van der Waals surface area (Å²) in [5.41, 5.74) is -0.807. The van der Waals surface area contributed by atoms with E-state index in [2.05, 4.69) is 5.32 Å². The summed E-state index contributed by atoms with van der Waals surface area (Å²) in [4.78, 5) is 0. The van der Waals surface area contributed by atoms with Gasteiger partial charge in [0, 0.05) is 18.3 Å². The van der Waals surface area contributed by atoms with Crippen LogP contribution in [0.4, 0.5) is 18.9 Å². The van der Waals surface area contributed by atoms with Crippen molar-refractivity contribution in [2.45, 2.75) is 37.9 Å². The van der Waals surface area contributed by atoms with E-state index in [1.807, 2.05) is 0 Å². The van der Waals surface area contributed by atoms with Crippen molar-refractivity contribution in [2.75, 3.05) is 11.9 Å². The molecule has 21 heavy (non-hydrogen) atoms. The molecule has 0 spiro atoms. The van der Waals surface area contributed by atoms with Gasteiger partial charge in [-0.15, -0.1) is 0 Å². The molecule has 1 aromatic carbocycles. The minimum absolute atomic E-state index is 0.00814. The van der Waals surface area contributed by atoms with E-state index < -0.39 is 11.7 Å². The minimum atomic E-state index is -4.50. The van der Waals surface area contributed by atoms with Crippen LogP contribution < -0.4 is 5.32 Å². The van der Waals surface area contributed by atoms with Gasteiger partial charge in [-0.3, -0.25) is 0 Å². The molecule has 114 valence electrons. The zero-order valence-corrected chi connectivity index (χ0v) is 11.5. The molecule has 2 N–H and O–H groups in total. The van der Waals surface area contributed by atoms with E-state index in [4.69, 9.17) is 10.4 Å². The third-order valence-corrected chi connectivity index (χ3v) is 3.95. The van der Waals surface area contributed by atoms with Crippen LogP contribution in [-0.4, -0.2) is 17.8 Å². The standard InChI is InChI=1S/C15H17F3N2O/c16-15(17,18)12-8-10(9-19)4-5-14(12)20-13-3-1-2-11(13)6-7-21/h4-5,8,11,13,20-21H,1-3,6-7H2. The van der Waals surface area contributed by atoms with Gasteiger partial charge < -0.3 is 10.4 Å². The Hall–Kier alpha value is -1.74. The van der Waals surface area contributed by atoms with Crippen LogP contribution in [0.2, 0.25) is 0 Å². The van der Waals surface area contributed by atoms with E-state index >= 15 is 0 Å². The van der Waals surface area contributed by atoms with Crippen LogP contribution in [0.1, 0.15) is 36.8 Å². The maximum atomic E-state index is 13.1. The Kier molecular flexibility index (Phi) is 4.73. The van der Waals surface area contributed by atoms with E-state index in [9.17, 15) is 13.2 Å². The van der Waals surface area contributed by atoms with Gasteiger partial charge in [-0.05, 0) is 43.4 Å². The third kappa shape index (κ3) is 3.67. The highest BCUT2D eigenvalue weighted by Crippen LogP contribution is 2.38. The Balaban J connectivity index is 2.25. The summed E-state index contributed by atoms with van der Waals surface area (Å²) in [5, 5.41) is 20.7. The monoisotopic (exact) mass is 298 g/mol. The highest BCUT2D eigenvalue weighted by molar-refractivity contribution is 5.56. The second-order valence-corrected chi connectivity index (χ2v) is 5.32. The molecule has 2 atom stereocenters. The molecule has 0 radical (unpaired) electrons. The normalized spacial score (nSPS) is 22.0. The molecule has 1 aliphatic carbocycles. The summed E-state index contributed by atoms with van der Waals surface area (Å²) in [6.07, 6.45) is -1.26. The van der Waals surface area contributed by atoms with Gasteiger partial charge >= 0.3 is 6.18 Å². The van der Waals surface area contributed by atoms with Crippen molar-refractivity contribution in [2.24, 2.45) is 5.92 Å². The largest absolute Gasteiger partial charge is 0.418 e. The van der Waals surface area contributed by atoms with E-state index in [-0.39, 0.29) is 29.8 Å². The Morgan fingerprint density at radius 3 is 2.71 bits per heavy atom. The minimum Gasteiger partial charge on any atom is -0.396 e. The average molecular weight is 298 g/mol. The van der Waals surface area contributed by atoms with Crippen LogP contribution in [0.25, 0.3) is 0 Å². The zero-order valence-electron chi connectivity index (χ0n) is 11.5. The fourth-order valence-electron chi connectivity index (χ4n) is 2.91. The van der Waals surface area contributed by atoms with E-state index in [1.165, 1.54) is 12.1 Å². The van der Waals surface area contributed by atoms with Gasteiger partial charge in [0.1, 0.15) is 0 Å². The van der Waals surface area contributed by atoms with Crippen molar-refractivity contribution in [3.8, 4) is 6.07 Å². The lowest BCUT2D eigenvalue weighted by Gasteiger charge is -2.24. The molecule has 1 fully saturated rings. The quantitative estimate of drug-likeness (QED) is 0.894. The van der Waals surface area contributed by atoms with Crippen molar-refractivity contribution in [1.29, 1.82) is 5.26 Å². The van der Waals surface area contributed by atoms with Crippen LogP contribution in [0, 0.1) is 17.2 Å². The number of nitrogens with one attached hydrogen (secondary N) is 1. The van der Waals surface area contributed by atoms with Crippen molar-refractivity contribution in [1.82, 2.24) is 0 Å². The van der Waals surface area contributed by atoms with Gasteiger partial charge in [0.05, 0.1) is 17.2 Å². The average Bonchev–Trinajstić information content (AvgIpc) is 2.86. The summed E-state index contributed by atoms with van der Waals surface area (Å²) < 4.78 is 39.3. The SMILES string of the molecule is N#Cc1ccc(NC2CCCC2CCO)c(C(F)(F)F)c1. The summed E-state index contributed by atoms with van der Waals surface area (Å²) in [6.45, 7) is 0.0440. The molecule has 0 amide bonds. The fourth-order valence-corrected chi connectivity index (χ4v) is 2.91. The number of aliphatic hydroxyl groups is 1. The molecular formula is C15H17F3N2O. The molecule has 2 rings (SSSR count). The number of hydrogen-bond donors (Lipinski definition) is 2. The summed E-state index contributed by atoms with van der Waals surface area (Å²) in [6, 6.07) is 5.24. The molecule has 2 unspecified atom stereocenters. The number of nitrogens with zero attached hydrogens (tertiary/aromatic N) is 1. The number of nitriles is 1. The maximum Gasteiger partial charge on any atom is 0.418 e. The van der Waals surface area contributed by atoms with Crippen molar-refractivity contribution in [3.63, 3.8) is 0 Å². The number of rotatable bonds is 4. The number of benzene rings is 1. The first-order valence-corrected chi connectivity index (χ1v) is 6.94. The Bertz CT molecular complexity index is 537. The number of anilines is 1. The van der Waals surface area contributed by atoms with Gasteiger partial charge in [0.15, 0.2) is 0 Å². The fraction of sp³-hybridized carbons (Fsp3) is 0.533. The van der Waals surface area contributed by atoms with Crippen molar-refractivity contribution >= 4 is 5.69 Å². The van der Waals surface area contributed by atoms with Crippen LogP contribution in [-0.2, 0) is 6.18 Å². The van der Waals surface area contributed by atoms with Gasteiger partial charge in [0.2, 0.25) is 0 Å². The molecule has 6 heteroatoms. The number of aliphatic hydroxyl groups excluding tert-OH is 1. The Morgan fingerprint density at radius 2 is 2.10 bits per heavy atom. The highest BCUT2D eigenvalue weighted by atomic mass is 19.4. The van der Waals surface area contributed by atoms with Gasteiger partial charge in [-0.25, -0.2) is 0 Å². The van der Waals surface area contributed by atoms with Crippen LogP contribution in [0.3, 0.4) is 0 Å². The Morgan fingerprint density at radius 1 is 1.33 bits per heavy atom. The van der Waals surface area contributed by atoms with E-state index in [0.29, 0.717) is 6.42 Å². The predicted molar refractivity (Wildman–Crippen MR) is 72.6 cm³/mol. The molecule has 0 bridgehead atoms. The molecule has 0 heterocycles. The second-order valence-electron chi connectivity index (χ2n) is 5.32. The molecule has 3 nitrogen and oxygen atoms in total. The molecule has 1 aromatic rings. The lowest BCUT2D eigenvalue weighted by atomic mass is 9.99. The van der Waals surface area contributed by atoms with Gasteiger partial charge in [-0.2, -0.15) is 18.4 Å².